The highest BCUT2D eigenvalue weighted by molar-refractivity contribution is 7.10. The molecule has 2 N–H and O–H groups in total. The molecule has 0 saturated heterocycles. The zero-order valence-corrected chi connectivity index (χ0v) is 10.4. The first-order valence-electron chi connectivity index (χ1n) is 4.87. The third-order valence-electron chi connectivity index (χ3n) is 1.95. The predicted molar refractivity (Wildman–Crippen MR) is 64.3 cm³/mol. The zero-order valence-electron chi connectivity index (χ0n) is 8.84. The summed E-state index contributed by atoms with van der Waals surface area (Å²) < 4.78 is 0. The molecule has 0 radical (unpaired) electrons. The minimum atomic E-state index is -0.175. The van der Waals surface area contributed by atoms with E-state index in [0.29, 0.717) is 13.1 Å². The van der Waals surface area contributed by atoms with Gasteiger partial charge in [0.25, 0.3) is 0 Å². The van der Waals surface area contributed by atoms with Crippen LogP contribution in [0.1, 0.15) is 18.7 Å². The lowest BCUT2D eigenvalue weighted by Gasteiger charge is -2.12. The Balaban J connectivity index is 2.33. The molecular formula is C10H15ClN2OS. The topological polar surface area (TPSA) is 41.1 Å². The van der Waals surface area contributed by atoms with E-state index >= 15 is 0 Å². The lowest BCUT2D eigenvalue weighted by molar-refractivity contribution is -0.122. The van der Waals surface area contributed by atoms with Crippen molar-refractivity contribution >= 4 is 28.8 Å². The fourth-order valence-corrected chi connectivity index (χ4v) is 2.14. The molecule has 3 nitrogen and oxygen atoms in total. The Hall–Kier alpha value is -0.580. The Kier molecular flexibility index (Phi) is 5.08. The van der Waals surface area contributed by atoms with Crippen molar-refractivity contribution in [3.05, 3.63) is 21.3 Å². The van der Waals surface area contributed by atoms with Gasteiger partial charge < -0.3 is 10.6 Å². The maximum atomic E-state index is 11.4. The van der Waals surface area contributed by atoms with E-state index in [1.165, 1.54) is 0 Å². The SMILES string of the molecule is CCNC(=O)C(C)NCc1cc(Cl)cs1. The average molecular weight is 247 g/mol. The molecule has 0 aliphatic heterocycles. The van der Waals surface area contributed by atoms with Gasteiger partial charge in [0.2, 0.25) is 5.91 Å². The van der Waals surface area contributed by atoms with Gasteiger partial charge in [0.05, 0.1) is 11.1 Å². The number of rotatable bonds is 5. The van der Waals surface area contributed by atoms with Crippen molar-refractivity contribution in [2.75, 3.05) is 6.54 Å². The van der Waals surface area contributed by atoms with Gasteiger partial charge in [0, 0.05) is 23.3 Å². The van der Waals surface area contributed by atoms with Gasteiger partial charge in [-0.1, -0.05) is 11.6 Å². The summed E-state index contributed by atoms with van der Waals surface area (Å²) in [4.78, 5) is 12.5. The highest BCUT2D eigenvalue weighted by Gasteiger charge is 2.10. The van der Waals surface area contributed by atoms with Gasteiger partial charge in [0.15, 0.2) is 0 Å². The largest absolute Gasteiger partial charge is 0.355 e. The maximum Gasteiger partial charge on any atom is 0.236 e. The van der Waals surface area contributed by atoms with Crippen molar-refractivity contribution in [1.82, 2.24) is 10.6 Å². The second-order valence-electron chi connectivity index (χ2n) is 3.23. The summed E-state index contributed by atoms with van der Waals surface area (Å²) in [5.41, 5.74) is 0. The smallest absolute Gasteiger partial charge is 0.236 e. The van der Waals surface area contributed by atoms with E-state index in [1.54, 1.807) is 11.3 Å². The summed E-state index contributed by atoms with van der Waals surface area (Å²) in [7, 11) is 0. The molecule has 1 amide bonds. The molecule has 1 heterocycles. The summed E-state index contributed by atoms with van der Waals surface area (Å²) in [5.74, 6) is 0.0279. The van der Waals surface area contributed by atoms with Crippen molar-refractivity contribution in [2.24, 2.45) is 0 Å². The van der Waals surface area contributed by atoms with Crippen LogP contribution < -0.4 is 10.6 Å². The van der Waals surface area contributed by atoms with Gasteiger partial charge in [-0.2, -0.15) is 0 Å². The Labute approximate surface area is 98.8 Å². The number of carbonyl (C=O) groups is 1. The summed E-state index contributed by atoms with van der Waals surface area (Å²) in [6.45, 7) is 5.09. The number of hydrogen-bond acceptors (Lipinski definition) is 3. The van der Waals surface area contributed by atoms with Gasteiger partial charge in [-0.15, -0.1) is 11.3 Å². The molecule has 5 heteroatoms. The molecule has 1 rings (SSSR count). The molecule has 0 fully saturated rings. The number of amides is 1. The standard InChI is InChI=1S/C10H15ClN2OS/c1-3-12-10(14)7(2)13-5-9-4-8(11)6-15-9/h4,6-7,13H,3,5H2,1-2H3,(H,12,14). The second kappa shape index (κ2) is 6.10. The van der Waals surface area contributed by atoms with Crippen molar-refractivity contribution in [3.8, 4) is 0 Å². The summed E-state index contributed by atoms with van der Waals surface area (Å²) in [6.07, 6.45) is 0. The Morgan fingerprint density at radius 3 is 2.93 bits per heavy atom. The number of likely N-dealkylation sites (N-methyl/N-ethyl adjacent to an activating group) is 1. The molecule has 0 aliphatic carbocycles. The number of hydrogen-bond donors (Lipinski definition) is 2. The van der Waals surface area contributed by atoms with Gasteiger partial charge in [-0.05, 0) is 19.9 Å². The first-order chi connectivity index (χ1) is 7.13. The first-order valence-corrected chi connectivity index (χ1v) is 6.13. The van der Waals surface area contributed by atoms with E-state index in [0.717, 1.165) is 9.90 Å². The Morgan fingerprint density at radius 1 is 1.67 bits per heavy atom. The van der Waals surface area contributed by atoms with Crippen LogP contribution in [0.5, 0.6) is 0 Å². The van der Waals surface area contributed by atoms with Gasteiger partial charge >= 0.3 is 0 Å². The average Bonchev–Trinajstić information content (AvgIpc) is 2.61. The molecule has 1 aromatic heterocycles. The fourth-order valence-electron chi connectivity index (χ4n) is 1.12. The van der Waals surface area contributed by atoms with Gasteiger partial charge in [-0.3, -0.25) is 4.79 Å². The van der Waals surface area contributed by atoms with Crippen LogP contribution in [-0.4, -0.2) is 18.5 Å². The molecule has 1 unspecified atom stereocenters. The van der Waals surface area contributed by atoms with Crippen LogP contribution in [0.4, 0.5) is 0 Å². The zero-order chi connectivity index (χ0) is 11.3. The molecule has 0 spiro atoms. The Morgan fingerprint density at radius 2 is 2.40 bits per heavy atom. The van der Waals surface area contributed by atoms with Crippen LogP contribution in [0.2, 0.25) is 5.02 Å². The van der Waals surface area contributed by atoms with Gasteiger partial charge in [0.1, 0.15) is 0 Å². The summed E-state index contributed by atoms with van der Waals surface area (Å²) in [5, 5.41) is 8.54. The normalized spacial score (nSPS) is 12.5. The van der Waals surface area contributed by atoms with E-state index in [2.05, 4.69) is 10.6 Å². The molecule has 0 saturated carbocycles. The monoisotopic (exact) mass is 246 g/mol. The molecule has 0 aliphatic rings. The molecule has 1 atom stereocenters. The second-order valence-corrected chi connectivity index (χ2v) is 4.66. The molecule has 0 aromatic carbocycles. The van der Waals surface area contributed by atoms with Crippen LogP contribution in [0, 0.1) is 0 Å². The van der Waals surface area contributed by atoms with Crippen LogP contribution in [0.15, 0.2) is 11.4 Å². The van der Waals surface area contributed by atoms with E-state index in [4.69, 9.17) is 11.6 Å². The fraction of sp³-hybridized carbons (Fsp3) is 0.500. The van der Waals surface area contributed by atoms with E-state index in [1.807, 2.05) is 25.3 Å². The van der Waals surface area contributed by atoms with E-state index in [-0.39, 0.29) is 11.9 Å². The van der Waals surface area contributed by atoms with Crippen LogP contribution >= 0.6 is 22.9 Å². The number of carbonyl (C=O) groups excluding carboxylic acids is 1. The van der Waals surface area contributed by atoms with Crippen molar-refractivity contribution in [2.45, 2.75) is 26.4 Å². The highest BCUT2D eigenvalue weighted by atomic mass is 35.5. The lowest BCUT2D eigenvalue weighted by atomic mass is 10.3. The summed E-state index contributed by atoms with van der Waals surface area (Å²) >= 11 is 7.38. The first kappa shape index (κ1) is 12.5. The van der Waals surface area contributed by atoms with Crippen LogP contribution in [-0.2, 0) is 11.3 Å². The van der Waals surface area contributed by atoms with Crippen molar-refractivity contribution < 1.29 is 4.79 Å². The van der Waals surface area contributed by atoms with Crippen LogP contribution in [0.25, 0.3) is 0 Å². The minimum Gasteiger partial charge on any atom is -0.355 e. The third kappa shape index (κ3) is 4.20. The highest BCUT2D eigenvalue weighted by Crippen LogP contribution is 2.18. The van der Waals surface area contributed by atoms with E-state index < -0.39 is 0 Å². The van der Waals surface area contributed by atoms with Gasteiger partial charge in [-0.25, -0.2) is 0 Å². The van der Waals surface area contributed by atoms with Crippen LogP contribution in [0.3, 0.4) is 0 Å². The molecular weight excluding hydrogens is 232 g/mol. The number of nitrogens with one attached hydrogen (secondary N) is 2. The maximum absolute atomic E-state index is 11.4. The lowest BCUT2D eigenvalue weighted by Crippen LogP contribution is -2.41. The molecule has 15 heavy (non-hydrogen) atoms. The Bertz CT molecular complexity index is 327. The van der Waals surface area contributed by atoms with E-state index in [9.17, 15) is 4.79 Å². The van der Waals surface area contributed by atoms with Crippen molar-refractivity contribution in [1.29, 1.82) is 0 Å². The van der Waals surface area contributed by atoms with Crippen molar-refractivity contribution in [3.63, 3.8) is 0 Å². The minimum absolute atomic E-state index is 0.0279. The molecule has 84 valence electrons. The summed E-state index contributed by atoms with van der Waals surface area (Å²) in [6, 6.07) is 1.73. The number of halogens is 1. The molecule has 0 bridgehead atoms. The molecule has 1 aromatic rings. The predicted octanol–water partition coefficient (Wildman–Crippen LogP) is 2.02. The number of thiophene rings is 1. The quantitative estimate of drug-likeness (QED) is 0.835. The third-order valence-corrected chi connectivity index (χ3v) is 3.23.